The maximum Gasteiger partial charge on any atom is 0.416 e. The van der Waals surface area contributed by atoms with E-state index in [4.69, 9.17) is 16.6 Å². The second kappa shape index (κ2) is 9.74. The maximum absolute atomic E-state index is 13.0. The number of halogens is 4. The van der Waals surface area contributed by atoms with Gasteiger partial charge in [0.15, 0.2) is 11.6 Å². The number of nitrogens with zero attached hydrogens (tertiary/aromatic N) is 2. The third-order valence-electron chi connectivity index (χ3n) is 6.08. The minimum Gasteiger partial charge on any atom is -0.361 e. The van der Waals surface area contributed by atoms with Gasteiger partial charge in [0.1, 0.15) is 5.52 Å². The summed E-state index contributed by atoms with van der Waals surface area (Å²) >= 11 is 6.02. The third-order valence-corrected chi connectivity index (χ3v) is 6.33. The number of hydrogen-bond donors (Lipinski definition) is 3. The predicted octanol–water partition coefficient (Wildman–Crippen LogP) is 6.99. The number of benzene rings is 2. The molecule has 2 aromatic carbocycles. The Morgan fingerprint density at radius 1 is 1.08 bits per heavy atom. The monoisotopic (exact) mass is 523 g/mol. The molecular weight excluding hydrogens is 503 g/mol. The number of rotatable bonds is 5. The molecule has 6 nitrogen and oxygen atoms in total. The van der Waals surface area contributed by atoms with Crippen molar-refractivity contribution < 1.29 is 18.0 Å². The summed E-state index contributed by atoms with van der Waals surface area (Å²) in [6.45, 7) is 1.93. The molecule has 10 heteroatoms. The molecule has 1 unspecified atom stereocenters. The van der Waals surface area contributed by atoms with E-state index in [1.54, 1.807) is 24.4 Å². The molecule has 1 aliphatic carbocycles. The fourth-order valence-electron chi connectivity index (χ4n) is 4.06. The van der Waals surface area contributed by atoms with E-state index in [-0.39, 0.29) is 11.7 Å². The van der Waals surface area contributed by atoms with Crippen LogP contribution in [0.2, 0.25) is 5.02 Å². The molecule has 1 aliphatic rings. The first kappa shape index (κ1) is 24.6. The smallest absolute Gasteiger partial charge is 0.361 e. The van der Waals surface area contributed by atoms with Crippen LogP contribution in [0.5, 0.6) is 0 Å². The number of anilines is 2. The van der Waals surface area contributed by atoms with Crippen LogP contribution in [-0.4, -0.2) is 26.9 Å². The minimum absolute atomic E-state index is 0.0769. The first-order valence-corrected chi connectivity index (χ1v) is 11.8. The number of nitrogens with one attached hydrogen (secondary N) is 3. The Balaban J connectivity index is 1.37. The Bertz CT molecular complexity index is 1540. The highest BCUT2D eigenvalue weighted by Crippen LogP contribution is 2.32. The molecule has 0 saturated carbocycles. The highest BCUT2D eigenvalue weighted by molar-refractivity contribution is 6.30. The Labute approximate surface area is 215 Å². The lowest BCUT2D eigenvalue weighted by Crippen LogP contribution is -2.28. The van der Waals surface area contributed by atoms with Crippen molar-refractivity contribution in [2.45, 2.75) is 25.6 Å². The molecule has 0 radical (unpaired) electrons. The molecule has 37 heavy (non-hydrogen) atoms. The van der Waals surface area contributed by atoms with Gasteiger partial charge in [-0.2, -0.15) is 13.2 Å². The van der Waals surface area contributed by atoms with Crippen molar-refractivity contribution >= 4 is 40.0 Å². The van der Waals surface area contributed by atoms with Gasteiger partial charge in [0.2, 0.25) is 0 Å². The number of allylic oxidation sites excluding steroid dienone is 2. The zero-order valence-corrected chi connectivity index (χ0v) is 20.3. The van der Waals surface area contributed by atoms with Crippen molar-refractivity contribution in [3.8, 4) is 11.4 Å². The third kappa shape index (κ3) is 5.36. The fraction of sp³-hybridized carbons (Fsp3) is 0.148. The van der Waals surface area contributed by atoms with E-state index < -0.39 is 17.6 Å². The van der Waals surface area contributed by atoms with Crippen molar-refractivity contribution in [2.24, 2.45) is 0 Å². The number of aromatic nitrogens is 3. The summed E-state index contributed by atoms with van der Waals surface area (Å²) < 4.78 is 39.1. The van der Waals surface area contributed by atoms with Crippen molar-refractivity contribution in [3.63, 3.8) is 0 Å². The van der Waals surface area contributed by atoms with Gasteiger partial charge in [-0.1, -0.05) is 35.4 Å². The van der Waals surface area contributed by atoms with E-state index >= 15 is 0 Å². The van der Waals surface area contributed by atoms with E-state index in [2.05, 4.69) is 20.6 Å². The van der Waals surface area contributed by atoms with Crippen LogP contribution in [0.3, 0.4) is 0 Å². The van der Waals surface area contributed by atoms with Crippen LogP contribution < -0.4 is 10.6 Å². The minimum atomic E-state index is -4.49. The molecule has 0 aliphatic heterocycles. The average Bonchev–Trinajstić information content (AvgIpc) is 3.34. The zero-order valence-electron chi connectivity index (χ0n) is 19.5. The van der Waals surface area contributed by atoms with Crippen LogP contribution in [0.1, 0.15) is 18.9 Å². The molecule has 3 N–H and O–H groups in total. The number of amides is 1. The lowest BCUT2D eigenvalue weighted by molar-refractivity contribution is -0.137. The van der Waals surface area contributed by atoms with Gasteiger partial charge in [-0.25, -0.2) is 9.97 Å². The van der Waals surface area contributed by atoms with Crippen LogP contribution in [0.25, 0.3) is 22.4 Å². The quantitative estimate of drug-likeness (QED) is 0.263. The first-order valence-electron chi connectivity index (χ1n) is 11.4. The lowest BCUT2D eigenvalue weighted by atomic mass is 9.93. The summed E-state index contributed by atoms with van der Waals surface area (Å²) in [5.74, 6) is 0.614. The van der Waals surface area contributed by atoms with Gasteiger partial charge in [-0.15, -0.1) is 0 Å². The summed E-state index contributed by atoms with van der Waals surface area (Å²) in [5, 5.41) is 6.60. The number of aromatic amines is 1. The second-order valence-electron chi connectivity index (χ2n) is 8.68. The Morgan fingerprint density at radius 3 is 2.62 bits per heavy atom. The van der Waals surface area contributed by atoms with Crippen LogP contribution in [0, 0.1) is 0 Å². The van der Waals surface area contributed by atoms with Gasteiger partial charge in [-0.05, 0) is 55.5 Å². The molecular formula is C27H21ClF3N5O. The number of carbonyl (C=O) groups excluding carboxylic acids is 1. The molecule has 1 amide bonds. The largest absolute Gasteiger partial charge is 0.416 e. The van der Waals surface area contributed by atoms with Gasteiger partial charge in [0.05, 0.1) is 17.1 Å². The van der Waals surface area contributed by atoms with Gasteiger partial charge in [0, 0.05) is 34.5 Å². The zero-order chi connectivity index (χ0) is 26.2. The second-order valence-corrected chi connectivity index (χ2v) is 9.11. The van der Waals surface area contributed by atoms with Crippen LogP contribution >= 0.6 is 11.6 Å². The molecule has 2 heterocycles. The molecule has 4 aromatic rings. The number of hydrogen-bond acceptors (Lipinski definition) is 4. The average molecular weight is 524 g/mol. The van der Waals surface area contributed by atoms with Gasteiger partial charge >= 0.3 is 6.18 Å². The van der Waals surface area contributed by atoms with E-state index in [1.807, 2.05) is 31.2 Å². The van der Waals surface area contributed by atoms with Crippen molar-refractivity contribution in [2.75, 3.05) is 10.6 Å². The predicted molar refractivity (Wildman–Crippen MR) is 138 cm³/mol. The van der Waals surface area contributed by atoms with Crippen LogP contribution in [0.4, 0.5) is 24.7 Å². The lowest BCUT2D eigenvalue weighted by Gasteiger charge is -2.25. The molecule has 5 rings (SSSR count). The summed E-state index contributed by atoms with van der Waals surface area (Å²) in [6.07, 6.45) is 1.09. The van der Waals surface area contributed by atoms with E-state index in [1.165, 1.54) is 12.1 Å². The SMILES string of the molecule is CC1=CC=C(C(=O)Nc2cccc(C(F)(F)F)c2)CC1Nc1nc(-c2ccc(Cl)cc2)nc2cc[nH]c12. The van der Waals surface area contributed by atoms with Gasteiger partial charge in [-0.3, -0.25) is 4.79 Å². The molecule has 0 spiro atoms. The van der Waals surface area contributed by atoms with E-state index in [0.29, 0.717) is 28.7 Å². The molecule has 0 saturated heterocycles. The van der Waals surface area contributed by atoms with Gasteiger partial charge < -0.3 is 15.6 Å². The molecule has 0 bridgehead atoms. The Kier molecular flexibility index (Phi) is 6.47. The van der Waals surface area contributed by atoms with Crippen LogP contribution in [0.15, 0.2) is 84.1 Å². The van der Waals surface area contributed by atoms with Crippen molar-refractivity contribution in [3.05, 3.63) is 94.7 Å². The highest BCUT2D eigenvalue weighted by atomic mass is 35.5. The number of fused-ring (bicyclic) bond motifs is 1. The summed E-state index contributed by atoms with van der Waals surface area (Å²) in [7, 11) is 0. The molecule has 0 fully saturated rings. The van der Waals surface area contributed by atoms with Crippen molar-refractivity contribution in [1.82, 2.24) is 15.0 Å². The summed E-state index contributed by atoms with van der Waals surface area (Å²) in [4.78, 5) is 25.4. The number of carbonyl (C=O) groups is 1. The normalized spacial score (nSPS) is 15.8. The fourth-order valence-corrected chi connectivity index (χ4v) is 4.18. The molecule has 2 aromatic heterocycles. The molecule has 188 valence electrons. The maximum atomic E-state index is 13.0. The van der Waals surface area contributed by atoms with Crippen molar-refractivity contribution in [1.29, 1.82) is 0 Å². The number of H-pyrrole nitrogens is 1. The van der Waals surface area contributed by atoms with E-state index in [9.17, 15) is 18.0 Å². The highest BCUT2D eigenvalue weighted by Gasteiger charge is 2.30. The topological polar surface area (TPSA) is 82.7 Å². The summed E-state index contributed by atoms with van der Waals surface area (Å²) in [5.41, 5.74) is 2.89. The van der Waals surface area contributed by atoms with Crippen LogP contribution in [-0.2, 0) is 11.0 Å². The molecule has 1 atom stereocenters. The number of alkyl halides is 3. The Morgan fingerprint density at radius 2 is 1.86 bits per heavy atom. The summed E-state index contributed by atoms with van der Waals surface area (Å²) in [6, 6.07) is 13.3. The standard InChI is InChI=1S/C27H21ClF3N5O/c1-15-5-6-17(26(37)33-20-4-2-3-18(14-20)27(29,30)31)13-22(15)35-25-23-21(11-12-32-23)34-24(36-25)16-7-9-19(28)10-8-16/h2-12,14,22,32H,13H2,1H3,(H,33,37)(H,34,35,36). The first-order chi connectivity index (χ1) is 17.7. The van der Waals surface area contributed by atoms with Gasteiger partial charge in [0.25, 0.3) is 5.91 Å². The van der Waals surface area contributed by atoms with E-state index in [0.717, 1.165) is 34.3 Å². The Hall–Kier alpha value is -4.11.